The highest BCUT2D eigenvalue weighted by Gasteiger charge is 2.42. The van der Waals surface area contributed by atoms with Crippen LogP contribution in [0.2, 0.25) is 0 Å². The molecule has 1 aromatic rings. The largest absolute Gasteiger partial charge is 0.508 e. The monoisotopic (exact) mass is 302 g/mol. The van der Waals surface area contributed by atoms with Gasteiger partial charge in [-0.25, -0.2) is 0 Å². The first-order chi connectivity index (χ1) is 10.5. The SMILES string of the molecule is O=C1CC2(CCN(C(=O)c3ccc(O)cc3)CC2)CC(=O)N1. The molecule has 2 aliphatic heterocycles. The number of nitrogens with one attached hydrogen (secondary N) is 1. The van der Waals surface area contributed by atoms with Gasteiger partial charge in [0.05, 0.1) is 0 Å². The van der Waals surface area contributed by atoms with Crippen molar-refractivity contribution in [1.29, 1.82) is 0 Å². The van der Waals surface area contributed by atoms with Crippen LogP contribution in [-0.4, -0.2) is 40.8 Å². The number of piperidine rings is 2. The van der Waals surface area contributed by atoms with Gasteiger partial charge in [0.15, 0.2) is 0 Å². The molecule has 1 aromatic carbocycles. The average molecular weight is 302 g/mol. The Morgan fingerprint density at radius 1 is 1.05 bits per heavy atom. The number of likely N-dealkylation sites (tertiary alicyclic amines) is 1. The lowest BCUT2D eigenvalue weighted by Gasteiger charge is -2.43. The summed E-state index contributed by atoms with van der Waals surface area (Å²) in [6.07, 6.45) is 2.05. The Morgan fingerprint density at radius 3 is 2.14 bits per heavy atom. The zero-order valence-electron chi connectivity index (χ0n) is 12.2. The van der Waals surface area contributed by atoms with Crippen LogP contribution >= 0.6 is 0 Å². The molecule has 2 fully saturated rings. The van der Waals surface area contributed by atoms with Gasteiger partial charge in [0, 0.05) is 31.5 Å². The number of carbonyl (C=O) groups is 3. The number of amides is 3. The van der Waals surface area contributed by atoms with Gasteiger partial charge in [0.25, 0.3) is 5.91 Å². The summed E-state index contributed by atoms with van der Waals surface area (Å²) in [6.45, 7) is 1.08. The first-order valence-corrected chi connectivity index (χ1v) is 7.38. The van der Waals surface area contributed by atoms with Gasteiger partial charge in [-0.3, -0.25) is 19.7 Å². The van der Waals surface area contributed by atoms with Crippen LogP contribution in [0.3, 0.4) is 0 Å². The van der Waals surface area contributed by atoms with E-state index in [1.165, 1.54) is 12.1 Å². The number of hydrogen-bond acceptors (Lipinski definition) is 4. The van der Waals surface area contributed by atoms with E-state index in [0.717, 1.165) is 0 Å². The number of phenolic OH excluding ortho intramolecular Hbond substituents is 1. The molecule has 2 aliphatic rings. The van der Waals surface area contributed by atoms with E-state index >= 15 is 0 Å². The van der Waals surface area contributed by atoms with Gasteiger partial charge in [-0.2, -0.15) is 0 Å². The van der Waals surface area contributed by atoms with Crippen molar-refractivity contribution in [3.8, 4) is 5.75 Å². The van der Waals surface area contributed by atoms with Crippen molar-refractivity contribution in [1.82, 2.24) is 10.2 Å². The second kappa shape index (κ2) is 5.44. The highest BCUT2D eigenvalue weighted by molar-refractivity contribution is 5.98. The van der Waals surface area contributed by atoms with Crippen LogP contribution in [0.5, 0.6) is 5.75 Å². The van der Waals surface area contributed by atoms with Crippen LogP contribution in [0.4, 0.5) is 0 Å². The van der Waals surface area contributed by atoms with Gasteiger partial charge < -0.3 is 10.0 Å². The second-order valence-electron chi connectivity index (χ2n) is 6.16. The Bertz CT molecular complexity index is 598. The van der Waals surface area contributed by atoms with Crippen LogP contribution in [-0.2, 0) is 9.59 Å². The van der Waals surface area contributed by atoms with Crippen LogP contribution in [0.25, 0.3) is 0 Å². The Morgan fingerprint density at radius 2 is 1.59 bits per heavy atom. The fourth-order valence-electron chi connectivity index (χ4n) is 3.31. The number of benzene rings is 1. The molecule has 0 atom stereocenters. The van der Waals surface area contributed by atoms with Gasteiger partial charge in [0.2, 0.25) is 11.8 Å². The van der Waals surface area contributed by atoms with Crippen molar-refractivity contribution in [2.75, 3.05) is 13.1 Å². The van der Waals surface area contributed by atoms with Gasteiger partial charge in [-0.05, 0) is 42.5 Å². The maximum atomic E-state index is 12.4. The molecule has 0 saturated carbocycles. The zero-order chi connectivity index (χ0) is 15.7. The summed E-state index contributed by atoms with van der Waals surface area (Å²) in [5, 5.41) is 11.6. The molecule has 6 nitrogen and oxygen atoms in total. The van der Waals surface area contributed by atoms with Crippen molar-refractivity contribution in [2.24, 2.45) is 5.41 Å². The Kier molecular flexibility index (Phi) is 3.60. The maximum absolute atomic E-state index is 12.4. The number of imide groups is 1. The molecule has 22 heavy (non-hydrogen) atoms. The molecule has 0 radical (unpaired) electrons. The summed E-state index contributed by atoms with van der Waals surface area (Å²) in [5.74, 6) is -0.383. The van der Waals surface area contributed by atoms with Crippen LogP contribution in [0.1, 0.15) is 36.0 Å². The summed E-state index contributed by atoms with van der Waals surface area (Å²) in [4.78, 5) is 37.3. The molecule has 1 spiro atoms. The minimum absolute atomic E-state index is 0.0820. The quantitative estimate of drug-likeness (QED) is 0.759. The lowest BCUT2D eigenvalue weighted by molar-refractivity contribution is -0.139. The van der Waals surface area contributed by atoms with Crippen molar-refractivity contribution in [3.05, 3.63) is 29.8 Å². The van der Waals surface area contributed by atoms with E-state index < -0.39 is 0 Å². The molecule has 0 aromatic heterocycles. The van der Waals surface area contributed by atoms with Gasteiger partial charge in [-0.15, -0.1) is 0 Å². The molecular weight excluding hydrogens is 284 g/mol. The second-order valence-corrected chi connectivity index (χ2v) is 6.16. The molecule has 0 bridgehead atoms. The molecule has 116 valence electrons. The van der Waals surface area contributed by atoms with E-state index in [4.69, 9.17) is 0 Å². The minimum atomic E-state index is -0.287. The number of phenols is 1. The average Bonchev–Trinajstić information content (AvgIpc) is 2.47. The van der Waals surface area contributed by atoms with E-state index in [2.05, 4.69) is 5.32 Å². The molecular formula is C16H18N2O4. The summed E-state index contributed by atoms with van der Waals surface area (Å²) in [5.41, 5.74) is 0.247. The number of hydrogen-bond donors (Lipinski definition) is 2. The lowest BCUT2D eigenvalue weighted by atomic mass is 9.71. The predicted octanol–water partition coefficient (Wildman–Crippen LogP) is 1.05. The van der Waals surface area contributed by atoms with E-state index in [9.17, 15) is 19.5 Å². The smallest absolute Gasteiger partial charge is 0.253 e. The van der Waals surface area contributed by atoms with Crippen molar-refractivity contribution >= 4 is 17.7 Å². The van der Waals surface area contributed by atoms with Gasteiger partial charge in [-0.1, -0.05) is 0 Å². The van der Waals surface area contributed by atoms with E-state index in [-0.39, 0.29) is 28.9 Å². The fraction of sp³-hybridized carbons (Fsp3) is 0.438. The molecule has 0 unspecified atom stereocenters. The number of rotatable bonds is 1. The highest BCUT2D eigenvalue weighted by Crippen LogP contribution is 2.40. The summed E-state index contributed by atoms with van der Waals surface area (Å²) < 4.78 is 0. The molecule has 0 aliphatic carbocycles. The number of nitrogens with zero attached hydrogens (tertiary/aromatic N) is 1. The first kappa shape index (κ1) is 14.6. The third-order valence-corrected chi connectivity index (χ3v) is 4.58. The summed E-state index contributed by atoms with van der Waals surface area (Å²) >= 11 is 0. The van der Waals surface area contributed by atoms with Crippen LogP contribution in [0.15, 0.2) is 24.3 Å². The Hall–Kier alpha value is -2.37. The minimum Gasteiger partial charge on any atom is -0.508 e. The third kappa shape index (κ3) is 2.81. The lowest BCUT2D eigenvalue weighted by Crippen LogP contribution is -2.50. The standard InChI is InChI=1S/C16H18N2O4/c19-12-3-1-11(2-4-12)15(22)18-7-5-16(6-8-18)9-13(20)17-14(21)10-16/h1-4,19H,5-10H2,(H,17,20,21). The van der Waals surface area contributed by atoms with Gasteiger partial charge >= 0.3 is 0 Å². The molecule has 2 N–H and O–H groups in total. The molecule has 3 rings (SSSR count). The summed E-state index contributed by atoms with van der Waals surface area (Å²) in [6, 6.07) is 6.17. The Labute approximate surface area is 128 Å². The van der Waals surface area contributed by atoms with Crippen molar-refractivity contribution in [3.63, 3.8) is 0 Å². The molecule has 2 saturated heterocycles. The highest BCUT2D eigenvalue weighted by atomic mass is 16.3. The zero-order valence-corrected chi connectivity index (χ0v) is 12.2. The van der Waals surface area contributed by atoms with Crippen LogP contribution in [0, 0.1) is 5.41 Å². The molecule has 6 heteroatoms. The first-order valence-electron chi connectivity index (χ1n) is 7.38. The summed E-state index contributed by atoms with van der Waals surface area (Å²) in [7, 11) is 0. The fourth-order valence-corrected chi connectivity index (χ4v) is 3.31. The van der Waals surface area contributed by atoms with E-state index in [1.807, 2.05) is 0 Å². The number of carbonyl (C=O) groups excluding carboxylic acids is 3. The maximum Gasteiger partial charge on any atom is 0.253 e. The third-order valence-electron chi connectivity index (χ3n) is 4.58. The Balaban J connectivity index is 1.66. The molecule has 2 heterocycles. The predicted molar refractivity (Wildman–Crippen MR) is 78.1 cm³/mol. The van der Waals surface area contributed by atoms with Gasteiger partial charge in [0.1, 0.15) is 5.75 Å². The van der Waals surface area contributed by atoms with Crippen LogP contribution < -0.4 is 5.32 Å². The normalized spacial score (nSPS) is 20.8. The number of aromatic hydroxyl groups is 1. The topological polar surface area (TPSA) is 86.7 Å². The van der Waals surface area contributed by atoms with Crippen molar-refractivity contribution in [2.45, 2.75) is 25.7 Å². The van der Waals surface area contributed by atoms with E-state index in [0.29, 0.717) is 44.3 Å². The molecule has 3 amide bonds. The van der Waals surface area contributed by atoms with Crippen molar-refractivity contribution < 1.29 is 19.5 Å². The van der Waals surface area contributed by atoms with E-state index in [1.54, 1.807) is 17.0 Å².